The fraction of sp³-hybridized carbons (Fsp3) is 0.368. The van der Waals surface area contributed by atoms with Gasteiger partial charge in [0.1, 0.15) is 5.82 Å². The van der Waals surface area contributed by atoms with Gasteiger partial charge < -0.3 is 20.1 Å². The number of anilines is 1. The first-order valence-corrected chi connectivity index (χ1v) is 8.94. The van der Waals surface area contributed by atoms with Gasteiger partial charge in [-0.25, -0.2) is 4.98 Å². The van der Waals surface area contributed by atoms with Gasteiger partial charge in [0, 0.05) is 36.4 Å². The number of hydrogen-bond acceptors (Lipinski definition) is 6. The molecule has 0 spiro atoms. The number of alkyl halides is 3. The first kappa shape index (κ1) is 22.9. The molecule has 2 amide bonds. The highest BCUT2D eigenvalue weighted by Gasteiger charge is 2.28. The van der Waals surface area contributed by atoms with Gasteiger partial charge in [-0.1, -0.05) is 0 Å². The average Bonchev–Trinajstić information content (AvgIpc) is 2.64. The lowest BCUT2D eigenvalue weighted by atomic mass is 10.2. The third kappa shape index (κ3) is 7.22. The Labute approximate surface area is 170 Å². The number of aromatic nitrogens is 2. The molecule has 0 radical (unpaired) electrons. The Kier molecular flexibility index (Phi) is 7.56. The van der Waals surface area contributed by atoms with Gasteiger partial charge >= 0.3 is 6.18 Å². The summed E-state index contributed by atoms with van der Waals surface area (Å²) >= 11 is 0. The van der Waals surface area contributed by atoms with Crippen LogP contribution in [0.4, 0.5) is 19.0 Å². The van der Waals surface area contributed by atoms with E-state index >= 15 is 0 Å². The van der Waals surface area contributed by atoms with Crippen molar-refractivity contribution >= 4 is 17.6 Å². The molecule has 30 heavy (non-hydrogen) atoms. The molecule has 0 aliphatic heterocycles. The van der Waals surface area contributed by atoms with Crippen LogP contribution in [-0.4, -0.2) is 41.2 Å². The number of carbonyl (C=O) groups excluding carboxylic acids is 2. The molecule has 0 aliphatic carbocycles. The number of amides is 2. The van der Waals surface area contributed by atoms with E-state index in [1.165, 1.54) is 25.1 Å². The van der Waals surface area contributed by atoms with E-state index in [1.54, 1.807) is 19.9 Å². The second kappa shape index (κ2) is 9.90. The minimum atomic E-state index is -4.49. The molecule has 0 saturated carbocycles. The van der Waals surface area contributed by atoms with Gasteiger partial charge in [0.25, 0.3) is 5.91 Å². The Morgan fingerprint density at radius 2 is 1.87 bits per heavy atom. The van der Waals surface area contributed by atoms with Crippen LogP contribution < -0.4 is 20.1 Å². The normalized spacial score (nSPS) is 11.0. The zero-order valence-electron chi connectivity index (χ0n) is 16.6. The maximum Gasteiger partial charge on any atom is 0.422 e. The summed E-state index contributed by atoms with van der Waals surface area (Å²) in [7, 11) is 0. The van der Waals surface area contributed by atoms with Gasteiger partial charge in [-0.3, -0.25) is 9.59 Å². The number of carbonyl (C=O) groups is 2. The van der Waals surface area contributed by atoms with Crippen molar-refractivity contribution in [2.75, 3.05) is 18.5 Å². The average molecular weight is 426 g/mol. The van der Waals surface area contributed by atoms with Gasteiger partial charge in [-0.15, -0.1) is 0 Å². The second-order valence-corrected chi connectivity index (χ2v) is 6.20. The number of hydrogen-bond donors (Lipinski definition) is 2. The van der Waals surface area contributed by atoms with E-state index in [0.29, 0.717) is 11.3 Å². The highest BCUT2D eigenvalue weighted by Crippen LogP contribution is 2.23. The molecule has 2 rings (SSSR count). The van der Waals surface area contributed by atoms with Crippen molar-refractivity contribution in [2.24, 2.45) is 0 Å². The molecule has 2 aromatic rings. The van der Waals surface area contributed by atoms with E-state index < -0.39 is 18.7 Å². The number of aryl methyl sites for hydroxylation is 1. The second-order valence-electron chi connectivity index (χ2n) is 6.20. The van der Waals surface area contributed by atoms with Crippen LogP contribution in [0, 0.1) is 6.92 Å². The van der Waals surface area contributed by atoms with Crippen molar-refractivity contribution in [3.63, 3.8) is 0 Å². The lowest BCUT2D eigenvalue weighted by Gasteiger charge is -2.13. The molecule has 0 fully saturated rings. The van der Waals surface area contributed by atoms with Gasteiger partial charge in [0.05, 0.1) is 6.61 Å². The molecule has 0 bridgehead atoms. The van der Waals surface area contributed by atoms with E-state index in [9.17, 15) is 22.8 Å². The summed E-state index contributed by atoms with van der Waals surface area (Å²) in [6.45, 7) is 3.46. The molecular formula is C19H21F3N4O4. The van der Waals surface area contributed by atoms with Crippen molar-refractivity contribution in [1.82, 2.24) is 15.3 Å². The zero-order chi connectivity index (χ0) is 22.3. The van der Waals surface area contributed by atoms with E-state index in [0.717, 1.165) is 0 Å². The Morgan fingerprint density at radius 1 is 1.13 bits per heavy atom. The van der Waals surface area contributed by atoms with Crippen LogP contribution in [0.2, 0.25) is 0 Å². The third-order valence-electron chi connectivity index (χ3n) is 3.54. The maximum atomic E-state index is 12.5. The summed E-state index contributed by atoms with van der Waals surface area (Å²) in [5.41, 5.74) is 1.27. The van der Waals surface area contributed by atoms with Crippen molar-refractivity contribution < 1.29 is 32.2 Å². The van der Waals surface area contributed by atoms with Crippen LogP contribution in [-0.2, 0) is 11.3 Å². The van der Waals surface area contributed by atoms with Crippen LogP contribution in [0.15, 0.2) is 24.3 Å². The Bertz CT molecular complexity index is 919. The molecule has 0 saturated heterocycles. The predicted octanol–water partition coefficient (Wildman–Crippen LogP) is 3.01. The van der Waals surface area contributed by atoms with Gasteiger partial charge in [0.15, 0.2) is 6.61 Å². The lowest BCUT2D eigenvalue weighted by molar-refractivity contribution is -0.154. The van der Waals surface area contributed by atoms with Crippen molar-refractivity contribution in [3.05, 3.63) is 41.1 Å². The molecule has 0 unspecified atom stereocenters. The molecule has 2 N–H and O–H groups in total. The van der Waals surface area contributed by atoms with Crippen LogP contribution in [0.1, 0.15) is 35.5 Å². The Hall–Kier alpha value is -3.37. The van der Waals surface area contributed by atoms with Gasteiger partial charge in [-0.2, -0.15) is 18.2 Å². The van der Waals surface area contributed by atoms with E-state index in [1.807, 2.05) is 0 Å². The van der Waals surface area contributed by atoms with Crippen LogP contribution in [0.25, 0.3) is 0 Å². The third-order valence-corrected chi connectivity index (χ3v) is 3.54. The Morgan fingerprint density at radius 3 is 2.50 bits per heavy atom. The molecule has 0 aliphatic rings. The molecule has 2 heterocycles. The zero-order valence-corrected chi connectivity index (χ0v) is 16.6. The summed E-state index contributed by atoms with van der Waals surface area (Å²) < 4.78 is 46.9. The number of nitrogens with zero attached hydrogens (tertiary/aromatic N) is 2. The fourth-order valence-corrected chi connectivity index (χ4v) is 2.41. The van der Waals surface area contributed by atoms with Crippen LogP contribution >= 0.6 is 0 Å². The minimum absolute atomic E-state index is 0.0115. The molecule has 11 heteroatoms. The maximum absolute atomic E-state index is 12.5. The summed E-state index contributed by atoms with van der Waals surface area (Å²) in [6, 6.07) is 5.71. The molecular weight excluding hydrogens is 405 g/mol. The summed E-state index contributed by atoms with van der Waals surface area (Å²) in [5.74, 6) is -0.694. The van der Waals surface area contributed by atoms with E-state index in [4.69, 9.17) is 4.74 Å². The summed E-state index contributed by atoms with van der Waals surface area (Å²) in [6.07, 6.45) is -4.49. The smallest absolute Gasteiger partial charge is 0.422 e. The van der Waals surface area contributed by atoms with E-state index in [-0.39, 0.29) is 42.2 Å². The predicted molar refractivity (Wildman–Crippen MR) is 101 cm³/mol. The monoisotopic (exact) mass is 426 g/mol. The van der Waals surface area contributed by atoms with Crippen molar-refractivity contribution in [1.29, 1.82) is 0 Å². The number of halogens is 3. The Balaban J connectivity index is 2.11. The van der Waals surface area contributed by atoms with Gasteiger partial charge in [-0.05, 0) is 32.0 Å². The highest BCUT2D eigenvalue weighted by molar-refractivity contribution is 5.96. The number of rotatable bonds is 8. The quantitative estimate of drug-likeness (QED) is 0.673. The van der Waals surface area contributed by atoms with E-state index in [2.05, 4.69) is 25.3 Å². The number of pyridine rings is 2. The first-order chi connectivity index (χ1) is 14.1. The largest absolute Gasteiger partial charge is 0.478 e. The highest BCUT2D eigenvalue weighted by atomic mass is 19.4. The SMILES string of the molecule is CCOc1nc(OCC(F)(F)F)ccc1CNC(=O)c1cc(C)nc(NC(C)=O)c1. The van der Waals surface area contributed by atoms with Crippen LogP contribution in [0.5, 0.6) is 11.8 Å². The molecule has 162 valence electrons. The number of nitrogens with one attached hydrogen (secondary N) is 2. The summed E-state index contributed by atoms with van der Waals surface area (Å²) in [4.78, 5) is 31.7. The van der Waals surface area contributed by atoms with Crippen molar-refractivity contribution in [2.45, 2.75) is 33.5 Å². The lowest BCUT2D eigenvalue weighted by Crippen LogP contribution is -2.24. The molecule has 2 aromatic heterocycles. The molecule has 0 aromatic carbocycles. The van der Waals surface area contributed by atoms with Crippen molar-refractivity contribution in [3.8, 4) is 11.8 Å². The standard InChI is InChI=1S/C19H21F3N4O4/c1-4-29-18-13(5-6-16(26-18)30-10-19(20,21)22)9-23-17(28)14-7-11(2)24-15(8-14)25-12(3)27/h5-8H,4,9-10H2,1-3H3,(H,23,28)(H,24,25,27). The fourth-order valence-electron chi connectivity index (χ4n) is 2.41. The topological polar surface area (TPSA) is 102 Å². The van der Waals surface area contributed by atoms with Gasteiger partial charge in [0.2, 0.25) is 17.7 Å². The molecule has 8 nitrogen and oxygen atoms in total. The molecule has 0 atom stereocenters. The minimum Gasteiger partial charge on any atom is -0.478 e. The van der Waals surface area contributed by atoms with Crippen LogP contribution in [0.3, 0.4) is 0 Å². The summed E-state index contributed by atoms with van der Waals surface area (Å²) in [5, 5.41) is 5.19. The first-order valence-electron chi connectivity index (χ1n) is 8.94. The number of ether oxygens (including phenoxy) is 2.